The molecule has 26 heavy (non-hydrogen) atoms. The lowest BCUT2D eigenvalue weighted by molar-refractivity contribution is -0.385. The molecule has 0 bridgehead atoms. The molecule has 0 aliphatic carbocycles. The van der Waals surface area contributed by atoms with Crippen LogP contribution in [0.15, 0.2) is 48.5 Å². The van der Waals surface area contributed by atoms with Crippen molar-refractivity contribution in [3.63, 3.8) is 0 Å². The standard InChI is InChI=1S/C18H17FN2O5/c1-26-18(23)15(11-13-6-2-3-8-16(13)21(24)25)20-17(22)10-12-5-4-7-14(19)9-12/h2-9,15H,10-11H2,1H3,(H,20,22)/t15-/m0/s1. The van der Waals surface area contributed by atoms with Crippen molar-refractivity contribution in [3.8, 4) is 0 Å². The lowest BCUT2D eigenvalue weighted by Gasteiger charge is -2.16. The van der Waals surface area contributed by atoms with Crippen LogP contribution in [-0.2, 0) is 27.2 Å². The van der Waals surface area contributed by atoms with E-state index in [0.29, 0.717) is 11.1 Å². The van der Waals surface area contributed by atoms with Crippen molar-refractivity contribution < 1.29 is 23.6 Å². The quantitative estimate of drug-likeness (QED) is 0.464. The van der Waals surface area contributed by atoms with Crippen LogP contribution in [0.5, 0.6) is 0 Å². The van der Waals surface area contributed by atoms with Gasteiger partial charge in [-0.15, -0.1) is 0 Å². The summed E-state index contributed by atoms with van der Waals surface area (Å²) in [5.74, 6) is -1.72. The molecule has 0 unspecified atom stereocenters. The number of nitrogens with one attached hydrogen (secondary N) is 1. The largest absolute Gasteiger partial charge is 0.467 e. The summed E-state index contributed by atoms with van der Waals surface area (Å²) in [7, 11) is 1.16. The molecule has 2 aromatic rings. The molecule has 0 aliphatic heterocycles. The number of carbonyl (C=O) groups excluding carboxylic acids is 2. The number of methoxy groups -OCH3 is 1. The second kappa shape index (κ2) is 8.70. The highest BCUT2D eigenvalue weighted by molar-refractivity contribution is 5.86. The van der Waals surface area contributed by atoms with Crippen molar-refractivity contribution in [1.82, 2.24) is 5.32 Å². The van der Waals surface area contributed by atoms with Crippen molar-refractivity contribution in [1.29, 1.82) is 0 Å². The molecular formula is C18H17FN2O5. The number of benzene rings is 2. The molecule has 0 aliphatic rings. The predicted octanol–water partition coefficient (Wildman–Crippen LogP) is 2.18. The molecule has 7 nitrogen and oxygen atoms in total. The molecule has 0 fully saturated rings. The number of nitro benzene ring substituents is 1. The average molecular weight is 360 g/mol. The first-order chi connectivity index (χ1) is 12.4. The minimum Gasteiger partial charge on any atom is -0.467 e. The first kappa shape index (κ1) is 19.0. The zero-order valence-corrected chi connectivity index (χ0v) is 14.0. The van der Waals surface area contributed by atoms with Gasteiger partial charge in [0.15, 0.2) is 0 Å². The van der Waals surface area contributed by atoms with Gasteiger partial charge in [0.05, 0.1) is 18.5 Å². The summed E-state index contributed by atoms with van der Waals surface area (Å²) in [6.07, 6.45) is -0.235. The first-order valence-corrected chi connectivity index (χ1v) is 7.74. The Labute approximate surface area is 148 Å². The number of halogens is 1. The maximum Gasteiger partial charge on any atom is 0.328 e. The molecule has 1 N–H and O–H groups in total. The van der Waals surface area contributed by atoms with E-state index in [1.807, 2.05) is 0 Å². The van der Waals surface area contributed by atoms with Crippen LogP contribution in [0.4, 0.5) is 10.1 Å². The molecule has 2 aromatic carbocycles. The Kier molecular flexibility index (Phi) is 6.37. The molecule has 0 saturated carbocycles. The molecule has 0 heterocycles. The number of hydrogen-bond acceptors (Lipinski definition) is 5. The first-order valence-electron chi connectivity index (χ1n) is 7.74. The number of carbonyl (C=O) groups is 2. The van der Waals surface area contributed by atoms with Crippen LogP contribution in [-0.4, -0.2) is 30.0 Å². The maximum absolute atomic E-state index is 13.2. The topological polar surface area (TPSA) is 98.5 Å². The molecule has 0 saturated heterocycles. The molecule has 8 heteroatoms. The zero-order chi connectivity index (χ0) is 19.1. The molecule has 1 atom stereocenters. The Hall–Kier alpha value is -3.29. The zero-order valence-electron chi connectivity index (χ0n) is 14.0. The molecular weight excluding hydrogens is 343 g/mol. The van der Waals surface area contributed by atoms with E-state index >= 15 is 0 Å². The maximum atomic E-state index is 13.2. The van der Waals surface area contributed by atoms with Gasteiger partial charge in [0.25, 0.3) is 5.69 Å². The van der Waals surface area contributed by atoms with E-state index in [1.165, 1.54) is 36.4 Å². The monoisotopic (exact) mass is 360 g/mol. The van der Waals surface area contributed by atoms with E-state index in [2.05, 4.69) is 10.1 Å². The number of amides is 1. The van der Waals surface area contributed by atoms with Gasteiger partial charge in [-0.05, 0) is 17.7 Å². The van der Waals surface area contributed by atoms with E-state index in [0.717, 1.165) is 7.11 Å². The normalized spacial score (nSPS) is 11.5. The van der Waals surface area contributed by atoms with Crippen LogP contribution >= 0.6 is 0 Å². The van der Waals surface area contributed by atoms with Crippen molar-refractivity contribution in [3.05, 3.63) is 75.6 Å². The van der Waals surface area contributed by atoms with Crippen LogP contribution in [0.25, 0.3) is 0 Å². The van der Waals surface area contributed by atoms with Gasteiger partial charge in [0.1, 0.15) is 11.9 Å². The van der Waals surface area contributed by atoms with Crippen molar-refractivity contribution >= 4 is 17.6 Å². The number of nitro groups is 1. The van der Waals surface area contributed by atoms with Gasteiger partial charge in [0, 0.05) is 18.1 Å². The number of esters is 1. The Bertz CT molecular complexity index is 825. The van der Waals surface area contributed by atoms with E-state index in [4.69, 9.17) is 0 Å². The molecule has 0 spiro atoms. The molecule has 136 valence electrons. The van der Waals surface area contributed by atoms with Gasteiger partial charge in [0.2, 0.25) is 5.91 Å². The van der Waals surface area contributed by atoms with Gasteiger partial charge in [-0.2, -0.15) is 0 Å². The van der Waals surface area contributed by atoms with Gasteiger partial charge >= 0.3 is 5.97 Å². The third-order valence-electron chi connectivity index (χ3n) is 3.69. The Morgan fingerprint density at radius 1 is 1.23 bits per heavy atom. The lowest BCUT2D eigenvalue weighted by atomic mass is 10.0. The number of hydrogen-bond donors (Lipinski definition) is 1. The second-order valence-electron chi connectivity index (χ2n) is 5.54. The number of rotatable bonds is 7. The highest BCUT2D eigenvalue weighted by atomic mass is 19.1. The SMILES string of the molecule is COC(=O)[C@H](Cc1ccccc1[N+](=O)[O-])NC(=O)Cc1cccc(F)c1. The Morgan fingerprint density at radius 3 is 2.62 bits per heavy atom. The van der Waals surface area contributed by atoms with Gasteiger partial charge < -0.3 is 10.1 Å². The van der Waals surface area contributed by atoms with Gasteiger partial charge in [-0.25, -0.2) is 9.18 Å². The Balaban J connectivity index is 2.14. The number of ether oxygens (including phenoxy) is 1. The van der Waals surface area contributed by atoms with Crippen molar-refractivity contribution in [2.75, 3.05) is 7.11 Å². The molecule has 0 aromatic heterocycles. The highest BCUT2D eigenvalue weighted by Crippen LogP contribution is 2.19. The summed E-state index contributed by atoms with van der Waals surface area (Å²) in [5.41, 5.74) is 0.580. The van der Waals surface area contributed by atoms with E-state index in [1.54, 1.807) is 12.1 Å². The number of para-hydroxylation sites is 1. The van der Waals surface area contributed by atoms with Crippen LogP contribution in [0.1, 0.15) is 11.1 Å². The lowest BCUT2D eigenvalue weighted by Crippen LogP contribution is -2.43. The minimum absolute atomic E-state index is 0.0985. The van der Waals surface area contributed by atoms with Crippen molar-refractivity contribution in [2.45, 2.75) is 18.9 Å². The summed E-state index contributed by atoms with van der Waals surface area (Å²) in [5, 5.41) is 13.6. The second-order valence-corrected chi connectivity index (χ2v) is 5.54. The average Bonchev–Trinajstić information content (AvgIpc) is 2.60. The number of nitrogens with zero attached hydrogens (tertiary/aromatic N) is 1. The summed E-state index contributed by atoms with van der Waals surface area (Å²) in [6.45, 7) is 0. The van der Waals surface area contributed by atoms with Crippen LogP contribution < -0.4 is 5.32 Å². The smallest absolute Gasteiger partial charge is 0.328 e. The summed E-state index contributed by atoms with van der Waals surface area (Å²) < 4.78 is 17.9. The molecule has 2 rings (SSSR count). The van der Waals surface area contributed by atoms with E-state index in [9.17, 15) is 24.1 Å². The Morgan fingerprint density at radius 2 is 1.96 bits per heavy atom. The minimum atomic E-state index is -1.10. The fourth-order valence-corrected chi connectivity index (χ4v) is 2.49. The van der Waals surface area contributed by atoms with Gasteiger partial charge in [-0.1, -0.05) is 30.3 Å². The predicted molar refractivity (Wildman–Crippen MR) is 90.9 cm³/mol. The fourth-order valence-electron chi connectivity index (χ4n) is 2.49. The molecule has 1 amide bonds. The van der Waals surface area contributed by atoms with E-state index in [-0.39, 0.29) is 18.5 Å². The molecule has 0 radical (unpaired) electrons. The van der Waals surface area contributed by atoms with Crippen molar-refractivity contribution in [2.24, 2.45) is 0 Å². The summed E-state index contributed by atoms with van der Waals surface area (Å²) in [4.78, 5) is 34.7. The van der Waals surface area contributed by atoms with Gasteiger partial charge in [-0.3, -0.25) is 14.9 Å². The summed E-state index contributed by atoms with van der Waals surface area (Å²) >= 11 is 0. The summed E-state index contributed by atoms with van der Waals surface area (Å²) in [6, 6.07) is 10.4. The van der Waals surface area contributed by atoms with Crippen LogP contribution in [0.2, 0.25) is 0 Å². The fraction of sp³-hybridized carbons (Fsp3) is 0.222. The van der Waals surface area contributed by atoms with Crippen LogP contribution in [0.3, 0.4) is 0 Å². The third kappa shape index (κ3) is 5.10. The van der Waals surface area contributed by atoms with Crippen LogP contribution in [0, 0.1) is 15.9 Å². The highest BCUT2D eigenvalue weighted by Gasteiger charge is 2.25. The van der Waals surface area contributed by atoms with E-state index < -0.39 is 28.7 Å². The third-order valence-corrected chi connectivity index (χ3v) is 3.69.